The molecule has 12 heavy (non-hydrogen) atoms. The fourth-order valence-corrected chi connectivity index (χ4v) is 1.91. The fraction of sp³-hybridized carbons (Fsp3) is 0.800. The van der Waals surface area contributed by atoms with Crippen LogP contribution in [0.2, 0.25) is 0 Å². The van der Waals surface area contributed by atoms with Gasteiger partial charge in [0.05, 0.1) is 0 Å². The quantitative estimate of drug-likeness (QED) is 0.490. The molecule has 0 aromatic carbocycles. The van der Waals surface area contributed by atoms with Crippen molar-refractivity contribution < 1.29 is 0 Å². The molecule has 1 saturated carbocycles. The standard InChI is InChI=1S/C10H20N2/c1-2-6-12-8-9-4-3-5-10(11)7-9/h2,9-10,12H,1,3-8,11H2. The molecule has 0 aromatic rings. The minimum Gasteiger partial charge on any atom is -0.328 e. The van der Waals surface area contributed by atoms with Crippen molar-refractivity contribution in [3.8, 4) is 0 Å². The van der Waals surface area contributed by atoms with E-state index in [1.165, 1.54) is 25.7 Å². The van der Waals surface area contributed by atoms with Crippen LogP contribution in [0.1, 0.15) is 25.7 Å². The van der Waals surface area contributed by atoms with E-state index in [4.69, 9.17) is 5.73 Å². The molecule has 0 amide bonds. The Morgan fingerprint density at radius 2 is 2.33 bits per heavy atom. The topological polar surface area (TPSA) is 38.0 Å². The molecule has 2 nitrogen and oxygen atoms in total. The summed E-state index contributed by atoms with van der Waals surface area (Å²) in [6.45, 7) is 5.70. The molecule has 0 aliphatic heterocycles. The van der Waals surface area contributed by atoms with Crippen molar-refractivity contribution in [1.29, 1.82) is 0 Å². The van der Waals surface area contributed by atoms with Crippen molar-refractivity contribution in [1.82, 2.24) is 5.32 Å². The molecule has 70 valence electrons. The molecule has 0 spiro atoms. The first-order valence-electron chi connectivity index (χ1n) is 4.90. The lowest BCUT2D eigenvalue weighted by Crippen LogP contribution is -2.33. The lowest BCUT2D eigenvalue weighted by molar-refractivity contribution is 0.314. The van der Waals surface area contributed by atoms with Crippen molar-refractivity contribution in [3.63, 3.8) is 0 Å². The Bertz CT molecular complexity index is 134. The van der Waals surface area contributed by atoms with Crippen molar-refractivity contribution in [2.45, 2.75) is 31.7 Å². The minimum absolute atomic E-state index is 0.453. The number of nitrogens with two attached hydrogens (primary N) is 1. The average molecular weight is 168 g/mol. The maximum atomic E-state index is 5.88. The second kappa shape index (κ2) is 5.33. The molecule has 1 aliphatic carbocycles. The van der Waals surface area contributed by atoms with Crippen molar-refractivity contribution in [2.75, 3.05) is 13.1 Å². The van der Waals surface area contributed by atoms with Gasteiger partial charge in [-0.15, -0.1) is 6.58 Å². The monoisotopic (exact) mass is 168 g/mol. The molecule has 1 fully saturated rings. The summed E-state index contributed by atoms with van der Waals surface area (Å²) in [5.74, 6) is 0.800. The van der Waals surface area contributed by atoms with Crippen LogP contribution < -0.4 is 11.1 Å². The maximum absolute atomic E-state index is 5.88. The molecule has 2 heteroatoms. The fourth-order valence-electron chi connectivity index (χ4n) is 1.91. The first-order valence-corrected chi connectivity index (χ1v) is 4.90. The molecule has 0 heterocycles. The van der Waals surface area contributed by atoms with E-state index in [1.807, 2.05) is 6.08 Å². The van der Waals surface area contributed by atoms with Gasteiger partial charge < -0.3 is 11.1 Å². The highest BCUT2D eigenvalue weighted by molar-refractivity contribution is 4.78. The van der Waals surface area contributed by atoms with E-state index in [9.17, 15) is 0 Å². The van der Waals surface area contributed by atoms with E-state index in [-0.39, 0.29) is 0 Å². The summed E-state index contributed by atoms with van der Waals surface area (Å²) in [6.07, 6.45) is 6.98. The number of hydrogen-bond acceptors (Lipinski definition) is 2. The number of hydrogen-bond donors (Lipinski definition) is 2. The molecule has 1 rings (SSSR count). The summed E-state index contributed by atoms with van der Waals surface area (Å²) < 4.78 is 0. The van der Waals surface area contributed by atoms with Gasteiger partial charge in [-0.25, -0.2) is 0 Å². The smallest absolute Gasteiger partial charge is 0.0132 e. The van der Waals surface area contributed by atoms with E-state index >= 15 is 0 Å². The second-order valence-corrected chi connectivity index (χ2v) is 3.74. The molecule has 0 saturated heterocycles. The third-order valence-electron chi connectivity index (χ3n) is 2.55. The molecule has 3 N–H and O–H groups in total. The Morgan fingerprint density at radius 1 is 1.50 bits per heavy atom. The van der Waals surface area contributed by atoms with Crippen molar-refractivity contribution >= 4 is 0 Å². The summed E-state index contributed by atoms with van der Waals surface area (Å²) in [5, 5.41) is 3.35. The molecule has 2 unspecified atom stereocenters. The summed E-state index contributed by atoms with van der Waals surface area (Å²) in [5.41, 5.74) is 5.88. The van der Waals surface area contributed by atoms with Gasteiger partial charge in [-0.2, -0.15) is 0 Å². The van der Waals surface area contributed by atoms with Crippen molar-refractivity contribution in [2.24, 2.45) is 11.7 Å². The van der Waals surface area contributed by atoms with Crippen LogP contribution in [-0.2, 0) is 0 Å². The zero-order chi connectivity index (χ0) is 8.81. The van der Waals surface area contributed by atoms with Gasteiger partial charge >= 0.3 is 0 Å². The van der Waals surface area contributed by atoms with Gasteiger partial charge in [0.25, 0.3) is 0 Å². The van der Waals surface area contributed by atoms with Gasteiger partial charge in [0, 0.05) is 12.6 Å². The van der Waals surface area contributed by atoms with Crippen LogP contribution in [0.15, 0.2) is 12.7 Å². The molecule has 0 aromatic heterocycles. The molecule has 2 atom stereocenters. The zero-order valence-electron chi connectivity index (χ0n) is 7.76. The number of nitrogens with one attached hydrogen (secondary N) is 1. The average Bonchev–Trinajstić information content (AvgIpc) is 2.05. The molecule has 0 bridgehead atoms. The molecule has 0 radical (unpaired) electrons. The maximum Gasteiger partial charge on any atom is 0.0132 e. The normalized spacial score (nSPS) is 30.1. The Kier molecular flexibility index (Phi) is 4.33. The van der Waals surface area contributed by atoms with Gasteiger partial charge in [0.1, 0.15) is 0 Å². The first-order chi connectivity index (χ1) is 5.83. The lowest BCUT2D eigenvalue weighted by atomic mass is 9.86. The highest BCUT2D eigenvalue weighted by Gasteiger charge is 2.18. The van der Waals surface area contributed by atoms with E-state index in [0.29, 0.717) is 6.04 Å². The van der Waals surface area contributed by atoms with E-state index in [2.05, 4.69) is 11.9 Å². The van der Waals surface area contributed by atoms with Crippen LogP contribution in [0, 0.1) is 5.92 Å². The molecule has 1 aliphatic rings. The highest BCUT2D eigenvalue weighted by Crippen LogP contribution is 2.22. The molecular weight excluding hydrogens is 148 g/mol. The Hall–Kier alpha value is -0.340. The van der Waals surface area contributed by atoms with Crippen LogP contribution in [0.25, 0.3) is 0 Å². The largest absolute Gasteiger partial charge is 0.328 e. The minimum atomic E-state index is 0.453. The van der Waals surface area contributed by atoms with Crippen LogP contribution >= 0.6 is 0 Å². The van der Waals surface area contributed by atoms with E-state index in [0.717, 1.165) is 19.0 Å². The van der Waals surface area contributed by atoms with Crippen LogP contribution in [0.3, 0.4) is 0 Å². The van der Waals surface area contributed by atoms with Crippen molar-refractivity contribution in [3.05, 3.63) is 12.7 Å². The lowest BCUT2D eigenvalue weighted by Gasteiger charge is -2.26. The summed E-state index contributed by atoms with van der Waals surface area (Å²) in [7, 11) is 0. The predicted octanol–water partition coefficient (Wildman–Crippen LogP) is 1.28. The van der Waals surface area contributed by atoms with Gasteiger partial charge in [0.2, 0.25) is 0 Å². The second-order valence-electron chi connectivity index (χ2n) is 3.74. The SMILES string of the molecule is C=CCNCC1CCCC(N)C1. The Labute approximate surface area is 75.2 Å². The van der Waals surface area contributed by atoms with Crippen LogP contribution in [-0.4, -0.2) is 19.1 Å². The Morgan fingerprint density at radius 3 is 3.00 bits per heavy atom. The zero-order valence-corrected chi connectivity index (χ0v) is 7.76. The summed E-state index contributed by atoms with van der Waals surface area (Å²) in [6, 6.07) is 0.453. The third-order valence-corrected chi connectivity index (χ3v) is 2.55. The van der Waals surface area contributed by atoms with Gasteiger partial charge in [-0.1, -0.05) is 12.5 Å². The van der Waals surface area contributed by atoms with Gasteiger partial charge in [0.15, 0.2) is 0 Å². The molecular formula is C10H20N2. The third kappa shape index (κ3) is 3.37. The highest BCUT2D eigenvalue weighted by atomic mass is 14.9. The summed E-state index contributed by atoms with van der Waals surface area (Å²) in [4.78, 5) is 0. The van der Waals surface area contributed by atoms with Gasteiger partial charge in [-0.05, 0) is 31.7 Å². The predicted molar refractivity (Wildman–Crippen MR) is 53.0 cm³/mol. The van der Waals surface area contributed by atoms with Gasteiger partial charge in [-0.3, -0.25) is 0 Å². The Balaban J connectivity index is 2.09. The van der Waals surface area contributed by atoms with E-state index < -0.39 is 0 Å². The van der Waals surface area contributed by atoms with Crippen LogP contribution in [0.4, 0.5) is 0 Å². The van der Waals surface area contributed by atoms with Crippen LogP contribution in [0.5, 0.6) is 0 Å². The summed E-state index contributed by atoms with van der Waals surface area (Å²) >= 11 is 0. The van der Waals surface area contributed by atoms with E-state index in [1.54, 1.807) is 0 Å². The number of rotatable bonds is 4. The first kappa shape index (κ1) is 9.75.